The molecule has 0 aliphatic rings. The van der Waals surface area contributed by atoms with Crippen molar-refractivity contribution in [2.45, 2.75) is 19.8 Å². The van der Waals surface area contributed by atoms with E-state index in [-0.39, 0.29) is 11.8 Å². The average molecular weight is 317 g/mol. The summed E-state index contributed by atoms with van der Waals surface area (Å²) in [6.07, 6.45) is 1.07. The zero-order valence-electron chi connectivity index (χ0n) is 12.9. The number of thiazole rings is 1. The molecule has 0 aliphatic carbocycles. The summed E-state index contributed by atoms with van der Waals surface area (Å²) in [5.41, 5.74) is 1.76. The zero-order valence-corrected chi connectivity index (χ0v) is 13.7. The van der Waals surface area contributed by atoms with Crippen LogP contribution in [0.1, 0.15) is 27.3 Å². The summed E-state index contributed by atoms with van der Waals surface area (Å²) >= 11 is 1.21. The highest BCUT2D eigenvalue weighted by Crippen LogP contribution is 2.23. The van der Waals surface area contributed by atoms with Crippen LogP contribution in [0.5, 0.6) is 0 Å². The van der Waals surface area contributed by atoms with Crippen LogP contribution in [0, 0.1) is 6.92 Å². The van der Waals surface area contributed by atoms with Crippen LogP contribution in [-0.4, -0.2) is 35.8 Å². The number of hydrogen-bond donors (Lipinski definition) is 1. The van der Waals surface area contributed by atoms with E-state index in [0.717, 1.165) is 5.56 Å². The third kappa shape index (κ3) is 4.14. The first-order chi connectivity index (χ1) is 10.5. The molecule has 0 atom stereocenters. The monoisotopic (exact) mass is 317 g/mol. The highest BCUT2D eigenvalue weighted by molar-refractivity contribution is 7.17. The van der Waals surface area contributed by atoms with Gasteiger partial charge in [-0.05, 0) is 18.9 Å². The standard InChI is InChI=1S/C16H19N3O2S/c1-11-14(15(21)19(2)3)22-16(17-11)18-13(20)10-9-12-7-5-4-6-8-12/h4-8H,9-10H2,1-3H3,(H,17,18,20). The van der Waals surface area contributed by atoms with E-state index in [2.05, 4.69) is 10.3 Å². The normalized spacial score (nSPS) is 10.3. The third-order valence-electron chi connectivity index (χ3n) is 3.13. The van der Waals surface area contributed by atoms with Gasteiger partial charge in [-0.3, -0.25) is 9.59 Å². The molecule has 0 unspecified atom stereocenters. The molecule has 22 heavy (non-hydrogen) atoms. The van der Waals surface area contributed by atoms with Gasteiger partial charge in [0, 0.05) is 20.5 Å². The maximum absolute atomic E-state index is 12.0. The van der Waals surface area contributed by atoms with Crippen LogP contribution in [0.3, 0.4) is 0 Å². The molecule has 0 fully saturated rings. The molecule has 0 bridgehead atoms. The molecule has 2 rings (SSSR count). The van der Waals surface area contributed by atoms with Gasteiger partial charge in [-0.1, -0.05) is 41.7 Å². The number of aromatic nitrogens is 1. The minimum Gasteiger partial charge on any atom is -0.344 e. The lowest BCUT2D eigenvalue weighted by Crippen LogP contribution is -2.21. The van der Waals surface area contributed by atoms with Crippen molar-refractivity contribution in [2.75, 3.05) is 19.4 Å². The number of hydrogen-bond acceptors (Lipinski definition) is 4. The second kappa shape index (κ2) is 7.17. The first-order valence-electron chi connectivity index (χ1n) is 7.00. The molecule has 1 heterocycles. The predicted octanol–water partition coefficient (Wildman–Crippen LogP) is 2.72. The van der Waals surface area contributed by atoms with Gasteiger partial charge in [0.05, 0.1) is 5.69 Å². The van der Waals surface area contributed by atoms with Crippen molar-refractivity contribution in [1.29, 1.82) is 0 Å². The van der Waals surface area contributed by atoms with Crippen LogP contribution in [0.2, 0.25) is 0 Å². The Bertz CT molecular complexity index is 665. The van der Waals surface area contributed by atoms with E-state index in [0.29, 0.717) is 28.5 Å². The Labute approximate surface area is 134 Å². The molecule has 0 radical (unpaired) electrons. The molecule has 2 amide bonds. The average Bonchev–Trinajstić information content (AvgIpc) is 2.85. The number of anilines is 1. The first-order valence-corrected chi connectivity index (χ1v) is 7.82. The third-order valence-corrected chi connectivity index (χ3v) is 4.19. The molecule has 1 aromatic heterocycles. The summed E-state index contributed by atoms with van der Waals surface area (Å²) < 4.78 is 0. The Morgan fingerprint density at radius 3 is 2.55 bits per heavy atom. The summed E-state index contributed by atoms with van der Waals surface area (Å²) in [7, 11) is 3.39. The highest BCUT2D eigenvalue weighted by Gasteiger charge is 2.17. The lowest BCUT2D eigenvalue weighted by molar-refractivity contribution is -0.116. The molecule has 1 aromatic carbocycles. The van der Waals surface area contributed by atoms with E-state index in [1.54, 1.807) is 21.0 Å². The van der Waals surface area contributed by atoms with Crippen molar-refractivity contribution in [3.05, 3.63) is 46.5 Å². The van der Waals surface area contributed by atoms with Crippen LogP contribution >= 0.6 is 11.3 Å². The van der Waals surface area contributed by atoms with Crippen molar-refractivity contribution in [3.8, 4) is 0 Å². The number of carbonyl (C=O) groups excluding carboxylic acids is 2. The molecule has 2 aromatic rings. The van der Waals surface area contributed by atoms with E-state index in [1.165, 1.54) is 16.2 Å². The molecular formula is C16H19N3O2S. The largest absolute Gasteiger partial charge is 0.344 e. The molecule has 0 saturated heterocycles. The SMILES string of the molecule is Cc1nc(NC(=O)CCc2ccccc2)sc1C(=O)N(C)C. The van der Waals surface area contributed by atoms with Crippen LogP contribution < -0.4 is 5.32 Å². The maximum atomic E-state index is 12.0. The Kier molecular flexibility index (Phi) is 5.27. The Morgan fingerprint density at radius 1 is 1.23 bits per heavy atom. The molecule has 5 nitrogen and oxygen atoms in total. The van der Waals surface area contributed by atoms with Gasteiger partial charge in [0.2, 0.25) is 5.91 Å². The fraction of sp³-hybridized carbons (Fsp3) is 0.312. The lowest BCUT2D eigenvalue weighted by Gasteiger charge is -2.07. The van der Waals surface area contributed by atoms with E-state index < -0.39 is 0 Å². The van der Waals surface area contributed by atoms with Crippen molar-refractivity contribution >= 4 is 28.3 Å². The second-order valence-corrected chi connectivity index (χ2v) is 6.17. The van der Waals surface area contributed by atoms with Crippen molar-refractivity contribution < 1.29 is 9.59 Å². The Morgan fingerprint density at radius 2 is 1.91 bits per heavy atom. The van der Waals surface area contributed by atoms with Gasteiger partial charge in [-0.15, -0.1) is 0 Å². The molecule has 116 valence electrons. The number of benzene rings is 1. The van der Waals surface area contributed by atoms with Crippen LogP contribution in [0.4, 0.5) is 5.13 Å². The fourth-order valence-corrected chi connectivity index (χ4v) is 2.94. The van der Waals surface area contributed by atoms with E-state index in [1.807, 2.05) is 30.3 Å². The van der Waals surface area contributed by atoms with Gasteiger partial charge >= 0.3 is 0 Å². The highest BCUT2D eigenvalue weighted by atomic mass is 32.1. The molecular weight excluding hydrogens is 298 g/mol. The molecule has 0 spiro atoms. The summed E-state index contributed by atoms with van der Waals surface area (Å²) in [6, 6.07) is 9.85. The van der Waals surface area contributed by atoms with Crippen molar-refractivity contribution in [3.63, 3.8) is 0 Å². The predicted molar refractivity (Wildman–Crippen MR) is 88.3 cm³/mol. The Balaban J connectivity index is 1.95. The first kappa shape index (κ1) is 16.2. The molecule has 0 aliphatic heterocycles. The fourth-order valence-electron chi connectivity index (χ4n) is 1.94. The zero-order chi connectivity index (χ0) is 16.1. The number of rotatable bonds is 5. The smallest absolute Gasteiger partial charge is 0.265 e. The number of nitrogens with zero attached hydrogens (tertiary/aromatic N) is 2. The maximum Gasteiger partial charge on any atom is 0.265 e. The molecule has 6 heteroatoms. The summed E-state index contributed by atoms with van der Waals surface area (Å²) in [5, 5.41) is 3.24. The topological polar surface area (TPSA) is 62.3 Å². The quantitative estimate of drug-likeness (QED) is 0.922. The second-order valence-electron chi connectivity index (χ2n) is 5.17. The van der Waals surface area contributed by atoms with Crippen LogP contribution in [-0.2, 0) is 11.2 Å². The minimum absolute atomic E-state index is 0.0959. The summed E-state index contributed by atoms with van der Waals surface area (Å²) in [6.45, 7) is 1.77. The van der Waals surface area contributed by atoms with E-state index >= 15 is 0 Å². The van der Waals surface area contributed by atoms with E-state index in [9.17, 15) is 9.59 Å². The summed E-state index contributed by atoms with van der Waals surface area (Å²) in [4.78, 5) is 30.2. The van der Waals surface area contributed by atoms with Gasteiger partial charge in [0.15, 0.2) is 5.13 Å². The number of aryl methyl sites for hydroxylation is 2. The minimum atomic E-state index is -0.0974. The Hall–Kier alpha value is -2.21. The number of carbonyl (C=O) groups is 2. The van der Waals surface area contributed by atoms with Crippen molar-refractivity contribution in [1.82, 2.24) is 9.88 Å². The van der Waals surface area contributed by atoms with Gasteiger partial charge in [0.25, 0.3) is 5.91 Å². The van der Waals surface area contributed by atoms with E-state index in [4.69, 9.17) is 0 Å². The molecule has 0 saturated carbocycles. The van der Waals surface area contributed by atoms with Gasteiger partial charge < -0.3 is 10.2 Å². The van der Waals surface area contributed by atoms with Crippen molar-refractivity contribution in [2.24, 2.45) is 0 Å². The lowest BCUT2D eigenvalue weighted by atomic mass is 10.1. The van der Waals surface area contributed by atoms with Gasteiger partial charge in [0.1, 0.15) is 4.88 Å². The van der Waals surface area contributed by atoms with Crippen LogP contribution in [0.15, 0.2) is 30.3 Å². The summed E-state index contributed by atoms with van der Waals surface area (Å²) in [5.74, 6) is -0.193. The van der Waals surface area contributed by atoms with Gasteiger partial charge in [-0.25, -0.2) is 4.98 Å². The van der Waals surface area contributed by atoms with Crippen LogP contribution in [0.25, 0.3) is 0 Å². The van der Waals surface area contributed by atoms with Gasteiger partial charge in [-0.2, -0.15) is 0 Å². The number of nitrogens with one attached hydrogen (secondary N) is 1. The number of amides is 2. The molecule has 1 N–H and O–H groups in total.